The molecular formula is C43H39F3LiN7O10S3. The van der Waals surface area contributed by atoms with E-state index in [0.29, 0.717) is 57.1 Å². The number of nitrogens with one attached hydrogen (secondary N) is 3. The van der Waals surface area contributed by atoms with Crippen molar-refractivity contribution in [1.82, 2.24) is 30.9 Å². The molecule has 0 aliphatic rings. The van der Waals surface area contributed by atoms with Gasteiger partial charge in [0.15, 0.2) is 0 Å². The molecule has 6 aromatic heterocycles. The summed E-state index contributed by atoms with van der Waals surface area (Å²) in [6.45, 7) is 4.59. The largest absolute Gasteiger partial charge is 1.00 e. The summed E-state index contributed by atoms with van der Waals surface area (Å²) < 4.78 is 56.1. The van der Waals surface area contributed by atoms with Crippen molar-refractivity contribution in [2.45, 2.75) is 39.5 Å². The summed E-state index contributed by atoms with van der Waals surface area (Å²) in [5.74, 6) is -4.78. The van der Waals surface area contributed by atoms with Crippen LogP contribution in [0.4, 0.5) is 18.0 Å². The van der Waals surface area contributed by atoms with Gasteiger partial charge in [0.1, 0.15) is 36.1 Å². The molecule has 0 unspecified atom stereocenters. The minimum Gasteiger partial charge on any atom is -0.544 e. The number of aryl methyl sites for hydroxylation is 3. The Morgan fingerprint density at radius 1 is 0.672 bits per heavy atom. The Kier molecular flexibility index (Phi) is 19.3. The second-order valence-electron chi connectivity index (χ2n) is 13.8. The number of rotatable bonds is 12. The molecule has 6 heterocycles. The summed E-state index contributed by atoms with van der Waals surface area (Å²) in [7, 11) is 2.39. The Hall–Kier alpha value is -6.48. The summed E-state index contributed by atoms with van der Waals surface area (Å²) in [5, 5.41) is 18.0. The zero-order valence-electron chi connectivity index (χ0n) is 36.5. The van der Waals surface area contributed by atoms with Gasteiger partial charge in [-0.15, -0.1) is 34.0 Å². The number of methoxy groups -OCH3 is 2. The van der Waals surface area contributed by atoms with E-state index in [1.165, 1.54) is 26.4 Å². The van der Waals surface area contributed by atoms with Crippen LogP contribution >= 0.6 is 34.0 Å². The number of carbonyl (C=O) groups excluding carboxylic acids is 6. The number of carbonyl (C=O) groups is 6. The van der Waals surface area contributed by atoms with Crippen molar-refractivity contribution in [1.29, 1.82) is 0 Å². The molecule has 24 heteroatoms. The fourth-order valence-corrected chi connectivity index (χ4v) is 8.59. The average Bonchev–Trinajstić information content (AvgIpc) is 4.09. The first kappa shape index (κ1) is 53.1. The first-order chi connectivity index (χ1) is 31.4. The quantitative estimate of drug-likeness (QED) is 0.0777. The van der Waals surface area contributed by atoms with Gasteiger partial charge in [-0.3, -0.25) is 29.3 Å². The van der Waals surface area contributed by atoms with Gasteiger partial charge >= 0.3 is 36.9 Å². The van der Waals surface area contributed by atoms with Crippen LogP contribution in [0.25, 0.3) is 30.6 Å². The number of aromatic nitrogens is 3. The van der Waals surface area contributed by atoms with Crippen LogP contribution in [0.3, 0.4) is 0 Å². The Labute approximate surface area is 403 Å². The molecule has 0 saturated heterocycles. The third kappa shape index (κ3) is 13.8. The maximum atomic E-state index is 13.7. The van der Waals surface area contributed by atoms with Crippen molar-refractivity contribution >= 4 is 100 Å². The third-order valence-corrected chi connectivity index (χ3v) is 13.0. The number of halogens is 3. The van der Waals surface area contributed by atoms with Gasteiger partial charge in [0, 0.05) is 29.8 Å². The van der Waals surface area contributed by atoms with Crippen molar-refractivity contribution in [3.8, 4) is 0 Å². The molecule has 0 spiro atoms. The number of nitrogens with two attached hydrogens (primary N) is 1. The number of esters is 2. The Balaban J connectivity index is 0.000000235. The van der Waals surface area contributed by atoms with Gasteiger partial charge in [-0.05, 0) is 44.5 Å². The Morgan fingerprint density at radius 2 is 1.09 bits per heavy atom. The van der Waals surface area contributed by atoms with Gasteiger partial charge in [-0.25, -0.2) is 22.8 Å². The number of nitrogens with zero attached hydrogens (tertiary/aromatic N) is 3. The van der Waals surface area contributed by atoms with Crippen molar-refractivity contribution in [2.24, 2.45) is 5.73 Å². The molecule has 0 bridgehead atoms. The predicted molar refractivity (Wildman–Crippen MR) is 237 cm³/mol. The van der Waals surface area contributed by atoms with E-state index in [-0.39, 0.29) is 43.4 Å². The molecule has 0 radical (unpaired) electrons. The number of fused-ring (bicyclic) bond motifs is 3. The van der Waals surface area contributed by atoms with Crippen molar-refractivity contribution in [2.75, 3.05) is 27.3 Å². The molecule has 67 heavy (non-hydrogen) atoms. The molecule has 2 atom stereocenters. The van der Waals surface area contributed by atoms with Crippen LogP contribution in [0.2, 0.25) is 0 Å². The number of hydrogen-bond donors (Lipinski definition) is 4. The van der Waals surface area contributed by atoms with Gasteiger partial charge in [0.25, 0.3) is 11.8 Å². The van der Waals surface area contributed by atoms with Crippen LogP contribution in [-0.4, -0.2) is 90.2 Å². The van der Waals surface area contributed by atoms with Gasteiger partial charge in [0.2, 0.25) is 0 Å². The molecule has 0 aliphatic heterocycles. The molecule has 346 valence electrons. The molecule has 0 fully saturated rings. The molecule has 1 aromatic carbocycles. The van der Waals surface area contributed by atoms with E-state index in [4.69, 9.17) is 10.5 Å². The molecule has 7 aromatic rings. The predicted octanol–water partition coefficient (Wildman–Crippen LogP) is 2.03. The van der Waals surface area contributed by atoms with Crippen LogP contribution in [0.5, 0.6) is 0 Å². The maximum absolute atomic E-state index is 13.7. The molecule has 5 N–H and O–H groups in total. The van der Waals surface area contributed by atoms with Crippen LogP contribution < -0.4 is 45.7 Å². The topological polar surface area (TPSA) is 254 Å². The fraction of sp³-hybridized carbons (Fsp3) is 0.233. The average molecular weight is 974 g/mol. The standard InChI is InChI=1S/C21H20FN3O5S.C13H14FN3O3S.C9H6FNO2S.Li/c1-12-14(22)9-23-15-8-17(31-18(12)15)19(26)24-10-16(20(27)29-2)25-21(28)30-11-13-6-4-3-5-7-13;1-6-7(14)4-16-9-3-10(21-11(6)9)12(18)17-5-8(15)13(19)20-2;1-4-5(10)3-11-6-2-7(9(12)13)14-8(4)6;/h3-9,16H,10-11H2,1-2H3,(H,24,26)(H,25,28);3-4,8H,5,15H2,1-2H3,(H,17,18);2-3H,1H3,(H,12,13);/q;;;+1/p-1/t16-;8-;;/m11../s1. The van der Waals surface area contributed by atoms with Crippen LogP contribution in [0.15, 0.2) is 67.1 Å². The van der Waals surface area contributed by atoms with Gasteiger partial charge in [0.05, 0.1) is 84.1 Å². The number of aromatic carboxylic acids is 1. The van der Waals surface area contributed by atoms with E-state index in [9.17, 15) is 47.0 Å². The van der Waals surface area contributed by atoms with Gasteiger partial charge in [-0.1, -0.05) is 30.3 Å². The van der Waals surface area contributed by atoms with E-state index in [2.05, 4.69) is 40.4 Å². The van der Waals surface area contributed by atoms with E-state index < -0.39 is 65.4 Å². The first-order valence-corrected chi connectivity index (χ1v) is 21.7. The van der Waals surface area contributed by atoms with E-state index in [0.717, 1.165) is 58.2 Å². The number of thiophene rings is 3. The molecule has 0 saturated carbocycles. The van der Waals surface area contributed by atoms with Gasteiger partial charge < -0.3 is 45.8 Å². The number of alkyl carbamates (subject to hydrolysis) is 1. The molecular weight excluding hydrogens is 935 g/mol. The smallest absolute Gasteiger partial charge is 0.544 e. The summed E-state index contributed by atoms with van der Waals surface area (Å²) in [6.07, 6.45) is 2.48. The normalized spacial score (nSPS) is 11.4. The summed E-state index contributed by atoms with van der Waals surface area (Å²) in [4.78, 5) is 82.7. The number of carboxylic acid groups (broad SMARTS) is 1. The molecule has 17 nitrogen and oxygen atoms in total. The zero-order valence-corrected chi connectivity index (χ0v) is 38.9. The monoisotopic (exact) mass is 973 g/mol. The van der Waals surface area contributed by atoms with Crippen LogP contribution in [-0.2, 0) is 30.4 Å². The summed E-state index contributed by atoms with van der Waals surface area (Å²) in [5.41, 5.74) is 9.14. The number of carboxylic acids is 1. The second-order valence-corrected chi connectivity index (χ2v) is 16.9. The Bertz CT molecular complexity index is 2940. The zero-order chi connectivity index (χ0) is 48.2. The van der Waals surface area contributed by atoms with Crippen molar-refractivity contribution < 1.29 is 80.1 Å². The fourth-order valence-electron chi connectivity index (χ4n) is 5.61. The van der Waals surface area contributed by atoms with Gasteiger partial charge in [-0.2, -0.15) is 0 Å². The number of pyridine rings is 3. The molecule has 0 aliphatic carbocycles. The van der Waals surface area contributed by atoms with Crippen molar-refractivity contribution in [3.63, 3.8) is 0 Å². The number of amides is 3. The van der Waals surface area contributed by atoms with Crippen molar-refractivity contribution in [3.05, 3.63) is 121 Å². The van der Waals surface area contributed by atoms with E-state index in [1.54, 1.807) is 39.0 Å². The van der Waals surface area contributed by atoms with Crippen LogP contribution in [0.1, 0.15) is 51.3 Å². The maximum Gasteiger partial charge on any atom is 1.00 e. The SMILES string of the molecule is COC(=O)[C@@H](CNC(=O)c1cc2ncc(F)c(C)c2s1)NC(=O)OCc1ccccc1.COC(=O)[C@H](N)CNC(=O)c1cc2ncc(F)c(C)c2s1.Cc1c(F)cnc2cc(C(=O)[O-])sc12.[Li+]. The minimum absolute atomic E-state index is 0. The summed E-state index contributed by atoms with van der Waals surface area (Å²) in [6, 6.07) is 11.5. The molecule has 3 amide bonds. The molecule has 7 rings (SSSR count). The van der Waals surface area contributed by atoms with E-state index in [1.807, 2.05) is 18.2 Å². The minimum atomic E-state index is -1.26. The number of hydrogen-bond acceptors (Lipinski definition) is 17. The number of ether oxygens (including phenoxy) is 3. The van der Waals surface area contributed by atoms with Crippen LogP contribution in [0, 0.1) is 38.2 Å². The summed E-state index contributed by atoms with van der Waals surface area (Å²) >= 11 is 3.21. The first-order valence-electron chi connectivity index (χ1n) is 19.2. The number of benzene rings is 1. The third-order valence-electron chi connectivity index (χ3n) is 9.28. The second kappa shape index (κ2) is 24.3. The Morgan fingerprint density at radius 3 is 1.52 bits per heavy atom. The van der Waals surface area contributed by atoms with E-state index >= 15 is 0 Å².